The fraction of sp³-hybridized carbons (Fsp3) is 1.00. The Balaban J connectivity index is 0. The van der Waals surface area contributed by atoms with E-state index in [0.29, 0.717) is 26.3 Å². The maximum atomic E-state index is 10.3. The fourth-order valence-electron chi connectivity index (χ4n) is 0.779. The van der Waals surface area contributed by atoms with Crippen molar-refractivity contribution in [3.8, 4) is 0 Å². The van der Waals surface area contributed by atoms with Gasteiger partial charge in [0.05, 0.1) is 13.2 Å². The Labute approximate surface area is 93.8 Å². The van der Waals surface area contributed by atoms with Crippen LogP contribution in [-0.4, -0.2) is 41.2 Å². The quantitative estimate of drug-likeness (QED) is 0.360. The average molecular weight is 207 g/mol. The van der Waals surface area contributed by atoms with Gasteiger partial charge in [0.2, 0.25) is 0 Å². The molecular weight excluding hydrogens is 196 g/mol. The van der Waals surface area contributed by atoms with Gasteiger partial charge in [0.1, 0.15) is 0 Å². The van der Waals surface area contributed by atoms with Gasteiger partial charge in [0, 0.05) is 13.1 Å². The number of morpholine rings is 1. The molecule has 2 N–H and O–H groups in total. The summed E-state index contributed by atoms with van der Waals surface area (Å²) in [4.78, 5) is 16.8. The molecule has 0 saturated carbocycles. The SMILES string of the molecule is O=P(O)(O)ON1CCOCC1.[H-].[Na+]. The van der Waals surface area contributed by atoms with Crippen molar-refractivity contribution in [2.45, 2.75) is 0 Å². The standard InChI is InChI=1S/C4H10NO5P.Na.H/c6-11(7,8)10-5-1-3-9-4-2-5;;/h1-4H2,(H2,6,7,8);;/q;+1;-1. The molecule has 0 atom stereocenters. The Hall–Kier alpha value is 1.03. The van der Waals surface area contributed by atoms with Crippen LogP contribution in [0.4, 0.5) is 0 Å². The second-order valence-corrected chi connectivity index (χ2v) is 3.26. The first-order valence-corrected chi connectivity index (χ1v) is 4.69. The van der Waals surface area contributed by atoms with E-state index in [9.17, 15) is 4.57 Å². The largest absolute Gasteiger partial charge is 1.00 e. The minimum Gasteiger partial charge on any atom is -1.00 e. The van der Waals surface area contributed by atoms with Gasteiger partial charge in [-0.15, -0.1) is 0 Å². The molecule has 1 aliphatic heterocycles. The number of ether oxygens (including phenoxy) is 1. The molecule has 0 radical (unpaired) electrons. The summed E-state index contributed by atoms with van der Waals surface area (Å²) in [5.74, 6) is 0. The summed E-state index contributed by atoms with van der Waals surface area (Å²) in [7, 11) is -4.36. The van der Waals surface area contributed by atoms with Crippen molar-refractivity contribution in [3.63, 3.8) is 0 Å². The molecule has 1 fully saturated rings. The van der Waals surface area contributed by atoms with Crippen molar-refractivity contribution in [2.75, 3.05) is 26.3 Å². The van der Waals surface area contributed by atoms with Gasteiger partial charge in [0.25, 0.3) is 0 Å². The smallest absolute Gasteiger partial charge is 1.00 e. The van der Waals surface area contributed by atoms with Crippen molar-refractivity contribution < 1.29 is 54.7 Å². The molecule has 1 aliphatic rings. The molecular formula is C4H11NNaO5P. The first kappa shape index (κ1) is 13.0. The molecule has 0 spiro atoms. The molecule has 0 bridgehead atoms. The number of hydrogen-bond donors (Lipinski definition) is 2. The third-order valence-corrected chi connectivity index (χ3v) is 1.64. The van der Waals surface area contributed by atoms with Gasteiger partial charge in [-0.3, -0.25) is 0 Å². The summed E-state index contributed by atoms with van der Waals surface area (Å²) >= 11 is 0. The number of phosphoric acid groups is 1. The van der Waals surface area contributed by atoms with Gasteiger partial charge in [-0.25, -0.2) is 4.57 Å². The fourth-order valence-corrected chi connectivity index (χ4v) is 1.24. The summed E-state index contributed by atoms with van der Waals surface area (Å²) in [6, 6.07) is 0. The number of rotatable bonds is 2. The van der Waals surface area contributed by atoms with Gasteiger partial charge >= 0.3 is 37.4 Å². The maximum absolute atomic E-state index is 10.3. The second kappa shape index (κ2) is 5.70. The minimum absolute atomic E-state index is 0. The summed E-state index contributed by atoms with van der Waals surface area (Å²) in [6.45, 7) is 1.68. The van der Waals surface area contributed by atoms with E-state index in [1.807, 2.05) is 0 Å². The number of nitrogens with zero attached hydrogens (tertiary/aromatic N) is 1. The molecule has 6 nitrogen and oxygen atoms in total. The van der Waals surface area contributed by atoms with Crippen LogP contribution in [0.2, 0.25) is 0 Å². The van der Waals surface area contributed by atoms with Crippen molar-refractivity contribution in [2.24, 2.45) is 0 Å². The molecule has 0 unspecified atom stereocenters. The van der Waals surface area contributed by atoms with Crippen LogP contribution in [0.3, 0.4) is 0 Å². The summed E-state index contributed by atoms with van der Waals surface area (Å²) in [5, 5.41) is 1.21. The summed E-state index contributed by atoms with van der Waals surface area (Å²) < 4.78 is 19.5. The Morgan fingerprint density at radius 1 is 1.42 bits per heavy atom. The zero-order chi connectivity index (χ0) is 8.32. The average Bonchev–Trinajstić information content (AvgIpc) is 1.85. The molecule has 12 heavy (non-hydrogen) atoms. The van der Waals surface area contributed by atoms with E-state index in [-0.39, 0.29) is 31.0 Å². The topological polar surface area (TPSA) is 79.2 Å². The molecule has 1 heterocycles. The van der Waals surface area contributed by atoms with E-state index in [2.05, 4.69) is 4.62 Å². The first-order chi connectivity index (χ1) is 5.08. The maximum Gasteiger partial charge on any atom is 1.00 e. The Morgan fingerprint density at radius 3 is 2.33 bits per heavy atom. The molecule has 0 aliphatic carbocycles. The molecule has 0 aromatic carbocycles. The van der Waals surface area contributed by atoms with Crippen LogP contribution in [0, 0.1) is 0 Å². The van der Waals surface area contributed by atoms with Gasteiger partial charge in [0.15, 0.2) is 0 Å². The van der Waals surface area contributed by atoms with Crippen molar-refractivity contribution in [1.82, 2.24) is 5.06 Å². The molecule has 0 amide bonds. The Morgan fingerprint density at radius 2 is 1.92 bits per heavy atom. The third kappa shape index (κ3) is 5.64. The summed E-state index contributed by atoms with van der Waals surface area (Å²) in [6.07, 6.45) is 0. The van der Waals surface area contributed by atoms with Gasteiger partial charge in [-0.05, 0) is 0 Å². The predicted molar refractivity (Wildman–Crippen MR) is 36.6 cm³/mol. The minimum atomic E-state index is -4.36. The molecule has 1 saturated heterocycles. The molecule has 0 aromatic rings. The predicted octanol–water partition coefficient (Wildman–Crippen LogP) is -3.54. The van der Waals surface area contributed by atoms with Crippen LogP contribution in [-0.2, 0) is 13.9 Å². The van der Waals surface area contributed by atoms with Crippen LogP contribution >= 0.6 is 7.82 Å². The Kier molecular flexibility index (Phi) is 6.18. The van der Waals surface area contributed by atoms with Crippen LogP contribution < -0.4 is 29.6 Å². The van der Waals surface area contributed by atoms with Crippen LogP contribution in [0.5, 0.6) is 0 Å². The molecule has 8 heteroatoms. The number of hydroxylamine groups is 2. The van der Waals surface area contributed by atoms with Crippen LogP contribution in [0.1, 0.15) is 1.43 Å². The first-order valence-electron chi connectivity index (χ1n) is 3.16. The van der Waals surface area contributed by atoms with E-state index in [4.69, 9.17) is 14.5 Å². The van der Waals surface area contributed by atoms with Crippen LogP contribution in [0.15, 0.2) is 0 Å². The van der Waals surface area contributed by atoms with E-state index in [1.54, 1.807) is 0 Å². The third-order valence-electron chi connectivity index (χ3n) is 1.19. The zero-order valence-electron chi connectivity index (χ0n) is 7.84. The van der Waals surface area contributed by atoms with Gasteiger partial charge in [-0.1, -0.05) is 0 Å². The van der Waals surface area contributed by atoms with E-state index < -0.39 is 7.82 Å². The monoisotopic (exact) mass is 207 g/mol. The molecule has 68 valence electrons. The van der Waals surface area contributed by atoms with Crippen molar-refractivity contribution in [3.05, 3.63) is 0 Å². The summed E-state index contributed by atoms with van der Waals surface area (Å²) in [5.41, 5.74) is 0. The van der Waals surface area contributed by atoms with Gasteiger partial charge < -0.3 is 16.0 Å². The Bertz CT molecular complexity index is 172. The molecule has 1 rings (SSSR count). The van der Waals surface area contributed by atoms with E-state index in [0.717, 1.165) is 0 Å². The van der Waals surface area contributed by atoms with E-state index in [1.165, 1.54) is 5.06 Å². The second-order valence-electron chi connectivity index (χ2n) is 2.11. The van der Waals surface area contributed by atoms with Crippen molar-refractivity contribution >= 4 is 7.82 Å². The normalized spacial score (nSPS) is 20.2. The van der Waals surface area contributed by atoms with Crippen molar-refractivity contribution in [1.29, 1.82) is 0 Å². The zero-order valence-corrected chi connectivity index (χ0v) is 9.74. The van der Waals surface area contributed by atoms with E-state index >= 15 is 0 Å². The molecule has 0 aromatic heterocycles. The van der Waals surface area contributed by atoms with Crippen LogP contribution in [0.25, 0.3) is 0 Å². The van der Waals surface area contributed by atoms with Gasteiger partial charge in [-0.2, -0.15) is 9.69 Å². The number of hydrogen-bond acceptors (Lipinski definition) is 4.